The quantitative estimate of drug-likeness (QED) is 0.668. The minimum atomic E-state index is -4.70. The van der Waals surface area contributed by atoms with Gasteiger partial charge in [-0.05, 0) is 37.3 Å². The number of amides is 1. The van der Waals surface area contributed by atoms with Crippen LogP contribution in [0.5, 0.6) is 5.88 Å². The molecule has 10 heteroatoms. The van der Waals surface area contributed by atoms with Crippen LogP contribution in [0, 0.1) is 0 Å². The first kappa shape index (κ1) is 19.7. The van der Waals surface area contributed by atoms with Crippen molar-refractivity contribution in [3.05, 3.63) is 65.1 Å². The van der Waals surface area contributed by atoms with Gasteiger partial charge >= 0.3 is 6.18 Å². The second kappa shape index (κ2) is 7.89. The normalized spacial score (nSPS) is 11.3. The molecule has 0 aliphatic carbocycles. The minimum Gasteiger partial charge on any atom is -0.478 e. The lowest BCUT2D eigenvalue weighted by atomic mass is 10.1. The van der Waals surface area contributed by atoms with Crippen LogP contribution in [-0.4, -0.2) is 27.3 Å². The molecular formula is C18H14ClF3N4O2. The summed E-state index contributed by atoms with van der Waals surface area (Å²) in [7, 11) is 0. The topological polar surface area (TPSA) is 69.0 Å². The van der Waals surface area contributed by atoms with E-state index >= 15 is 0 Å². The fourth-order valence-electron chi connectivity index (χ4n) is 2.43. The van der Waals surface area contributed by atoms with E-state index in [0.29, 0.717) is 6.61 Å². The highest BCUT2D eigenvalue weighted by Gasteiger charge is 2.34. The molecule has 1 N–H and O–H groups in total. The maximum absolute atomic E-state index is 13.5. The van der Waals surface area contributed by atoms with Crippen molar-refractivity contribution in [3.8, 4) is 11.6 Å². The Labute approximate surface area is 162 Å². The van der Waals surface area contributed by atoms with Gasteiger partial charge in [0.1, 0.15) is 0 Å². The molecule has 0 bridgehead atoms. The van der Waals surface area contributed by atoms with Gasteiger partial charge in [0.15, 0.2) is 5.69 Å². The number of hydrogen-bond acceptors (Lipinski definition) is 4. The number of alkyl halides is 3. The first-order valence-electron chi connectivity index (χ1n) is 8.11. The zero-order valence-corrected chi connectivity index (χ0v) is 15.3. The van der Waals surface area contributed by atoms with Gasteiger partial charge in [-0.15, -0.1) is 0 Å². The molecule has 1 amide bonds. The lowest BCUT2D eigenvalue weighted by Crippen LogP contribution is -2.19. The average Bonchev–Trinajstić information content (AvgIpc) is 3.17. The van der Waals surface area contributed by atoms with Gasteiger partial charge in [0, 0.05) is 18.5 Å². The fraction of sp³-hybridized carbons (Fsp3) is 0.167. The molecule has 3 rings (SSSR count). The largest absolute Gasteiger partial charge is 0.478 e. The number of benzene rings is 1. The SMILES string of the molecule is CCOc1ccc(Cl)c(C(=O)Nc2ccc(-n3cccn3)cc2C(F)(F)F)n1. The van der Waals surface area contributed by atoms with E-state index in [1.807, 2.05) is 0 Å². The van der Waals surface area contributed by atoms with Crippen molar-refractivity contribution in [1.29, 1.82) is 0 Å². The minimum absolute atomic E-state index is 0.0114. The third-order valence-corrected chi connectivity index (χ3v) is 3.96. The monoisotopic (exact) mass is 410 g/mol. The predicted octanol–water partition coefficient (Wildman–Crippen LogP) is 4.59. The lowest BCUT2D eigenvalue weighted by Gasteiger charge is -2.16. The van der Waals surface area contributed by atoms with E-state index in [-0.39, 0.29) is 22.3 Å². The molecule has 2 aromatic heterocycles. The molecular weight excluding hydrogens is 397 g/mol. The average molecular weight is 411 g/mol. The number of carbonyl (C=O) groups excluding carboxylic acids is 1. The van der Waals surface area contributed by atoms with Gasteiger partial charge in [-0.25, -0.2) is 9.67 Å². The molecule has 1 aromatic carbocycles. The molecule has 2 heterocycles. The summed E-state index contributed by atoms with van der Waals surface area (Å²) in [5, 5.41) is 6.12. The summed E-state index contributed by atoms with van der Waals surface area (Å²) in [4.78, 5) is 16.4. The van der Waals surface area contributed by atoms with Gasteiger partial charge in [-0.1, -0.05) is 11.6 Å². The number of hydrogen-bond donors (Lipinski definition) is 1. The highest BCUT2D eigenvalue weighted by atomic mass is 35.5. The van der Waals surface area contributed by atoms with E-state index in [1.54, 1.807) is 13.0 Å². The maximum atomic E-state index is 13.5. The summed E-state index contributed by atoms with van der Waals surface area (Å²) >= 11 is 5.97. The van der Waals surface area contributed by atoms with Crippen LogP contribution in [0.4, 0.5) is 18.9 Å². The molecule has 6 nitrogen and oxygen atoms in total. The summed E-state index contributed by atoms with van der Waals surface area (Å²) in [5.41, 5.74) is -1.49. The van der Waals surface area contributed by atoms with Crippen LogP contribution >= 0.6 is 11.6 Å². The highest BCUT2D eigenvalue weighted by molar-refractivity contribution is 6.34. The second-order valence-electron chi connectivity index (χ2n) is 5.55. The number of anilines is 1. The predicted molar refractivity (Wildman–Crippen MR) is 96.9 cm³/mol. The standard InChI is InChI=1S/C18H14ClF3N4O2/c1-2-28-15-7-5-13(19)16(25-15)17(27)24-14-6-4-11(26-9-3-8-23-26)10-12(14)18(20,21)22/h3-10H,2H2,1H3,(H,24,27). The number of halogens is 4. The van der Waals surface area contributed by atoms with Crippen molar-refractivity contribution < 1.29 is 22.7 Å². The van der Waals surface area contributed by atoms with Crippen LogP contribution in [0.2, 0.25) is 5.02 Å². The number of nitrogens with zero attached hydrogens (tertiary/aromatic N) is 3. The Bertz CT molecular complexity index is 991. The Kier molecular flexibility index (Phi) is 5.55. The Morgan fingerprint density at radius 3 is 2.71 bits per heavy atom. The molecule has 0 fully saturated rings. The highest BCUT2D eigenvalue weighted by Crippen LogP contribution is 2.36. The second-order valence-corrected chi connectivity index (χ2v) is 5.95. The summed E-state index contributed by atoms with van der Waals surface area (Å²) in [6.45, 7) is 2.04. The lowest BCUT2D eigenvalue weighted by molar-refractivity contribution is -0.136. The third-order valence-electron chi connectivity index (χ3n) is 3.65. The van der Waals surface area contributed by atoms with Gasteiger partial charge in [0.05, 0.1) is 28.6 Å². The third kappa shape index (κ3) is 4.25. The van der Waals surface area contributed by atoms with Crippen molar-refractivity contribution >= 4 is 23.2 Å². The molecule has 28 heavy (non-hydrogen) atoms. The van der Waals surface area contributed by atoms with Crippen LogP contribution in [0.1, 0.15) is 23.0 Å². The van der Waals surface area contributed by atoms with Crippen molar-refractivity contribution in [1.82, 2.24) is 14.8 Å². The first-order chi connectivity index (χ1) is 13.3. The number of carbonyl (C=O) groups is 1. The van der Waals surface area contributed by atoms with Crippen molar-refractivity contribution in [2.75, 3.05) is 11.9 Å². The Morgan fingerprint density at radius 2 is 2.07 bits per heavy atom. The van der Waals surface area contributed by atoms with E-state index in [4.69, 9.17) is 16.3 Å². The molecule has 0 saturated heterocycles. The first-order valence-corrected chi connectivity index (χ1v) is 8.49. The molecule has 3 aromatic rings. The van der Waals surface area contributed by atoms with E-state index < -0.39 is 23.3 Å². The van der Waals surface area contributed by atoms with Crippen molar-refractivity contribution in [2.45, 2.75) is 13.1 Å². The van der Waals surface area contributed by atoms with Gasteiger partial charge in [-0.3, -0.25) is 4.79 Å². The molecule has 146 valence electrons. The van der Waals surface area contributed by atoms with Crippen LogP contribution in [-0.2, 0) is 6.18 Å². The van der Waals surface area contributed by atoms with Gasteiger partial charge < -0.3 is 10.1 Å². The summed E-state index contributed by atoms with van der Waals surface area (Å²) in [5.74, 6) is -0.744. The molecule has 0 spiro atoms. The molecule has 0 aliphatic heterocycles. The van der Waals surface area contributed by atoms with Gasteiger partial charge in [-0.2, -0.15) is 18.3 Å². The molecule has 0 radical (unpaired) electrons. The zero-order valence-electron chi connectivity index (χ0n) is 14.5. The van der Waals surface area contributed by atoms with E-state index in [2.05, 4.69) is 15.4 Å². The van der Waals surface area contributed by atoms with Crippen LogP contribution in [0.3, 0.4) is 0 Å². The van der Waals surface area contributed by atoms with E-state index in [9.17, 15) is 18.0 Å². The summed E-state index contributed by atoms with van der Waals surface area (Å²) in [6.07, 6.45) is -1.74. The van der Waals surface area contributed by atoms with Crippen molar-refractivity contribution in [3.63, 3.8) is 0 Å². The fourth-order valence-corrected chi connectivity index (χ4v) is 2.62. The molecule has 0 atom stereocenters. The number of nitrogens with one attached hydrogen (secondary N) is 1. The molecule has 0 unspecified atom stereocenters. The Hall–Kier alpha value is -3.07. The Morgan fingerprint density at radius 1 is 1.29 bits per heavy atom. The van der Waals surface area contributed by atoms with Crippen LogP contribution < -0.4 is 10.1 Å². The van der Waals surface area contributed by atoms with Crippen LogP contribution in [0.15, 0.2) is 48.8 Å². The van der Waals surface area contributed by atoms with Crippen LogP contribution in [0.25, 0.3) is 5.69 Å². The number of aromatic nitrogens is 3. The van der Waals surface area contributed by atoms with E-state index in [1.165, 1.54) is 35.3 Å². The number of rotatable bonds is 5. The van der Waals surface area contributed by atoms with Crippen molar-refractivity contribution in [2.24, 2.45) is 0 Å². The van der Waals surface area contributed by atoms with Gasteiger partial charge in [0.25, 0.3) is 5.91 Å². The summed E-state index contributed by atoms with van der Waals surface area (Å²) in [6, 6.07) is 7.89. The molecule has 0 saturated carbocycles. The smallest absolute Gasteiger partial charge is 0.418 e. The maximum Gasteiger partial charge on any atom is 0.418 e. The summed E-state index contributed by atoms with van der Waals surface area (Å²) < 4.78 is 47.1. The number of ether oxygens (including phenoxy) is 1. The molecule has 0 aliphatic rings. The van der Waals surface area contributed by atoms with Gasteiger partial charge in [0.2, 0.25) is 5.88 Å². The number of pyridine rings is 1. The van der Waals surface area contributed by atoms with E-state index in [0.717, 1.165) is 12.1 Å². The zero-order chi connectivity index (χ0) is 20.3. The Balaban J connectivity index is 1.95.